The first-order valence-electron chi connectivity index (χ1n) is 6.02. The van der Waals surface area contributed by atoms with Crippen LogP contribution in [0.3, 0.4) is 0 Å². The molecule has 0 bridgehead atoms. The van der Waals surface area contributed by atoms with Crippen LogP contribution in [0.4, 0.5) is 4.39 Å². The molecule has 0 fully saturated rings. The second kappa shape index (κ2) is 7.46. The van der Waals surface area contributed by atoms with Crippen LogP contribution < -0.4 is 5.73 Å². The van der Waals surface area contributed by atoms with Gasteiger partial charge in [0.1, 0.15) is 0 Å². The molecule has 2 atom stereocenters. The molecule has 3 nitrogen and oxygen atoms in total. The Balaban J connectivity index is 0.00000324. The Kier molecular flexibility index (Phi) is 7.01. The molecule has 19 heavy (non-hydrogen) atoms. The highest BCUT2D eigenvalue weighted by molar-refractivity contribution is 5.85. The molecule has 1 unspecified atom stereocenters. The van der Waals surface area contributed by atoms with Gasteiger partial charge in [-0.2, -0.15) is 0 Å². The number of halogens is 2. The highest BCUT2D eigenvalue weighted by atomic mass is 35.5. The number of alkyl halides is 1. The molecule has 0 aliphatic heterocycles. The van der Waals surface area contributed by atoms with E-state index in [1.54, 1.807) is 6.92 Å². The third kappa shape index (κ3) is 4.18. The van der Waals surface area contributed by atoms with Crippen molar-refractivity contribution < 1.29 is 13.9 Å². The maximum atomic E-state index is 13.9. The van der Waals surface area contributed by atoms with Gasteiger partial charge in [0.25, 0.3) is 0 Å². The molecule has 0 radical (unpaired) electrons. The summed E-state index contributed by atoms with van der Waals surface area (Å²) in [5.74, 6) is -0.899. The third-order valence-corrected chi connectivity index (χ3v) is 2.90. The minimum absolute atomic E-state index is 0. The highest BCUT2D eigenvalue weighted by Gasteiger charge is 2.29. The van der Waals surface area contributed by atoms with E-state index in [-0.39, 0.29) is 19.0 Å². The lowest BCUT2D eigenvalue weighted by Gasteiger charge is -2.20. The average Bonchev–Trinajstić information content (AvgIpc) is 2.26. The average molecular weight is 290 g/mol. The van der Waals surface area contributed by atoms with E-state index in [1.807, 2.05) is 32.9 Å². The standard InChI is InChI=1S/C14H20FNO2.ClH/c1-5-18-14(17)12(15)13(16)11-9(3)6-8(2)7-10(11)4;/h6-7,12-13H,5,16H2,1-4H3;1H/t12?,13-;/m0./s1. The first-order chi connectivity index (χ1) is 8.38. The van der Waals surface area contributed by atoms with Crippen molar-refractivity contribution in [1.29, 1.82) is 0 Å². The summed E-state index contributed by atoms with van der Waals surface area (Å²) < 4.78 is 18.6. The fraction of sp³-hybridized carbons (Fsp3) is 0.500. The van der Waals surface area contributed by atoms with E-state index in [0.29, 0.717) is 5.56 Å². The number of hydrogen-bond acceptors (Lipinski definition) is 3. The zero-order valence-corrected chi connectivity index (χ0v) is 12.5. The van der Waals surface area contributed by atoms with E-state index in [2.05, 4.69) is 4.74 Å². The minimum Gasteiger partial charge on any atom is -0.464 e. The Hall–Kier alpha value is -1.13. The third-order valence-electron chi connectivity index (χ3n) is 2.90. The Labute approximate surface area is 119 Å². The fourth-order valence-electron chi connectivity index (χ4n) is 2.23. The predicted molar refractivity (Wildman–Crippen MR) is 76.4 cm³/mol. The van der Waals surface area contributed by atoms with E-state index < -0.39 is 18.2 Å². The number of esters is 1. The van der Waals surface area contributed by atoms with Gasteiger partial charge in [-0.15, -0.1) is 12.4 Å². The Morgan fingerprint density at radius 3 is 2.21 bits per heavy atom. The van der Waals surface area contributed by atoms with E-state index in [4.69, 9.17) is 5.73 Å². The van der Waals surface area contributed by atoms with Gasteiger partial charge < -0.3 is 10.5 Å². The molecule has 1 aromatic carbocycles. The van der Waals surface area contributed by atoms with Crippen LogP contribution in [0.15, 0.2) is 12.1 Å². The smallest absolute Gasteiger partial charge is 0.342 e. The number of benzene rings is 1. The zero-order valence-electron chi connectivity index (χ0n) is 11.7. The van der Waals surface area contributed by atoms with Gasteiger partial charge in [-0.1, -0.05) is 17.7 Å². The van der Waals surface area contributed by atoms with E-state index in [1.165, 1.54) is 0 Å². The van der Waals surface area contributed by atoms with Gasteiger partial charge in [-0.05, 0) is 44.4 Å². The predicted octanol–water partition coefficient (Wildman–Crippen LogP) is 2.93. The van der Waals surface area contributed by atoms with Crippen molar-refractivity contribution in [3.63, 3.8) is 0 Å². The maximum absolute atomic E-state index is 13.9. The Morgan fingerprint density at radius 1 is 1.32 bits per heavy atom. The number of nitrogens with two attached hydrogens (primary N) is 1. The Bertz CT molecular complexity index is 428. The van der Waals surface area contributed by atoms with Crippen molar-refractivity contribution >= 4 is 18.4 Å². The summed E-state index contributed by atoms with van der Waals surface area (Å²) in [6, 6.07) is 2.88. The largest absolute Gasteiger partial charge is 0.464 e. The Morgan fingerprint density at radius 2 is 1.79 bits per heavy atom. The molecule has 2 N–H and O–H groups in total. The quantitative estimate of drug-likeness (QED) is 0.867. The van der Waals surface area contributed by atoms with E-state index in [9.17, 15) is 9.18 Å². The highest BCUT2D eigenvalue weighted by Crippen LogP contribution is 2.26. The summed E-state index contributed by atoms with van der Waals surface area (Å²) in [7, 11) is 0. The molecule has 0 aliphatic carbocycles. The van der Waals surface area contributed by atoms with Gasteiger partial charge in [0.2, 0.25) is 6.17 Å². The minimum atomic E-state index is -1.83. The van der Waals surface area contributed by atoms with Crippen molar-refractivity contribution in [3.05, 3.63) is 34.4 Å². The van der Waals surface area contributed by atoms with Crippen LogP contribution in [0.25, 0.3) is 0 Å². The van der Waals surface area contributed by atoms with Gasteiger partial charge in [-0.25, -0.2) is 9.18 Å². The lowest BCUT2D eigenvalue weighted by Crippen LogP contribution is -2.32. The van der Waals surface area contributed by atoms with Crippen molar-refractivity contribution in [2.45, 2.75) is 39.9 Å². The normalized spacial score (nSPS) is 13.4. The van der Waals surface area contributed by atoms with Crippen LogP contribution in [0.2, 0.25) is 0 Å². The van der Waals surface area contributed by atoms with Crippen molar-refractivity contribution in [3.8, 4) is 0 Å². The lowest BCUT2D eigenvalue weighted by atomic mass is 9.92. The number of hydrogen-bond donors (Lipinski definition) is 1. The first kappa shape index (κ1) is 17.9. The summed E-state index contributed by atoms with van der Waals surface area (Å²) in [4.78, 5) is 11.4. The van der Waals surface area contributed by atoms with Crippen LogP contribution in [-0.4, -0.2) is 18.7 Å². The van der Waals surface area contributed by atoms with Gasteiger partial charge in [0, 0.05) is 0 Å². The molecule has 0 spiro atoms. The molecule has 0 aromatic heterocycles. The molecular weight excluding hydrogens is 269 g/mol. The SMILES string of the molecule is CCOC(=O)C(F)[C@@H](N)c1c(C)cc(C)cc1C.Cl. The summed E-state index contributed by atoms with van der Waals surface area (Å²) in [6.45, 7) is 7.49. The van der Waals surface area contributed by atoms with Gasteiger partial charge in [0.15, 0.2) is 0 Å². The van der Waals surface area contributed by atoms with E-state index in [0.717, 1.165) is 16.7 Å². The number of carbonyl (C=O) groups excluding carboxylic acids is 1. The summed E-state index contributed by atoms with van der Waals surface area (Å²) in [5, 5.41) is 0. The maximum Gasteiger partial charge on any atom is 0.342 e. The summed E-state index contributed by atoms with van der Waals surface area (Å²) >= 11 is 0. The molecular formula is C14H21ClFNO2. The molecule has 108 valence electrons. The van der Waals surface area contributed by atoms with Gasteiger partial charge in [-0.3, -0.25) is 0 Å². The number of rotatable bonds is 4. The van der Waals surface area contributed by atoms with Gasteiger partial charge >= 0.3 is 5.97 Å². The van der Waals surface area contributed by atoms with Gasteiger partial charge in [0.05, 0.1) is 12.6 Å². The van der Waals surface area contributed by atoms with Crippen LogP contribution in [0.5, 0.6) is 0 Å². The zero-order chi connectivity index (χ0) is 13.9. The van der Waals surface area contributed by atoms with E-state index >= 15 is 0 Å². The molecule has 0 saturated heterocycles. The first-order valence-corrected chi connectivity index (χ1v) is 6.02. The topological polar surface area (TPSA) is 52.3 Å². The fourth-order valence-corrected chi connectivity index (χ4v) is 2.23. The molecule has 0 aliphatic rings. The second-order valence-corrected chi connectivity index (χ2v) is 4.49. The van der Waals surface area contributed by atoms with Crippen LogP contribution >= 0.6 is 12.4 Å². The number of aryl methyl sites for hydroxylation is 3. The monoisotopic (exact) mass is 289 g/mol. The van der Waals surface area contributed by atoms with Crippen LogP contribution in [-0.2, 0) is 9.53 Å². The van der Waals surface area contributed by atoms with Crippen molar-refractivity contribution in [2.24, 2.45) is 5.73 Å². The molecule has 1 aromatic rings. The van der Waals surface area contributed by atoms with Crippen LogP contribution in [0.1, 0.15) is 35.2 Å². The molecule has 5 heteroatoms. The molecule has 0 saturated carbocycles. The lowest BCUT2D eigenvalue weighted by molar-refractivity contribution is -0.149. The summed E-state index contributed by atoms with van der Waals surface area (Å²) in [6.07, 6.45) is -1.83. The molecule has 0 amide bonds. The molecule has 0 heterocycles. The molecule has 1 rings (SSSR count). The van der Waals surface area contributed by atoms with Crippen LogP contribution in [0, 0.1) is 20.8 Å². The number of carbonyl (C=O) groups is 1. The summed E-state index contributed by atoms with van der Waals surface area (Å²) in [5.41, 5.74) is 9.41. The van der Waals surface area contributed by atoms with Crippen molar-refractivity contribution in [2.75, 3.05) is 6.61 Å². The number of ether oxygens (including phenoxy) is 1. The second-order valence-electron chi connectivity index (χ2n) is 4.49. The van der Waals surface area contributed by atoms with Crippen molar-refractivity contribution in [1.82, 2.24) is 0 Å².